The zero-order valence-electron chi connectivity index (χ0n) is 18.8. The van der Waals surface area contributed by atoms with Crippen LogP contribution in [0, 0.1) is 23.7 Å². The number of carbonyl (C=O) groups is 2. The van der Waals surface area contributed by atoms with Gasteiger partial charge in [0, 0.05) is 12.3 Å². The lowest BCUT2D eigenvalue weighted by molar-refractivity contribution is -0.159. The van der Waals surface area contributed by atoms with Crippen LogP contribution in [0.5, 0.6) is 0 Å². The average Bonchev–Trinajstić information content (AvgIpc) is 2.66. The van der Waals surface area contributed by atoms with Crippen LogP contribution in [0.1, 0.15) is 65.7 Å². The van der Waals surface area contributed by atoms with Crippen molar-refractivity contribution < 1.29 is 34.8 Å². The number of aliphatic hydroxyl groups is 3. The molecule has 0 radical (unpaired) electrons. The van der Waals surface area contributed by atoms with Gasteiger partial charge in [0.1, 0.15) is 6.10 Å². The monoisotopic (exact) mass is 438 g/mol. The lowest BCUT2D eigenvalue weighted by atomic mass is 9.66. The molecule has 176 valence electrons. The molecule has 0 aromatic rings. The number of aliphatic carboxylic acids is 1. The van der Waals surface area contributed by atoms with Gasteiger partial charge in [-0.15, -0.1) is 0 Å². The van der Waals surface area contributed by atoms with E-state index in [0.29, 0.717) is 19.3 Å². The van der Waals surface area contributed by atoms with Crippen molar-refractivity contribution in [2.24, 2.45) is 23.7 Å². The molecule has 0 aromatic carbocycles. The second-order valence-corrected chi connectivity index (χ2v) is 9.26. The fraction of sp³-hybridized carbons (Fsp3) is 0.750. The van der Waals surface area contributed by atoms with Crippen molar-refractivity contribution in [2.45, 2.75) is 90.1 Å². The number of esters is 1. The molecule has 0 bridgehead atoms. The van der Waals surface area contributed by atoms with E-state index >= 15 is 0 Å². The molecule has 0 spiro atoms. The van der Waals surface area contributed by atoms with Crippen LogP contribution in [0.15, 0.2) is 23.8 Å². The third-order valence-electron chi connectivity index (χ3n) is 6.55. The van der Waals surface area contributed by atoms with Crippen LogP contribution in [0.25, 0.3) is 0 Å². The van der Waals surface area contributed by atoms with Gasteiger partial charge in [0.15, 0.2) is 0 Å². The maximum atomic E-state index is 12.6. The highest BCUT2D eigenvalue weighted by atomic mass is 16.5. The fourth-order valence-electron chi connectivity index (χ4n) is 4.90. The Morgan fingerprint density at radius 2 is 1.94 bits per heavy atom. The van der Waals surface area contributed by atoms with E-state index in [0.717, 1.165) is 18.4 Å². The van der Waals surface area contributed by atoms with E-state index in [9.17, 15) is 24.9 Å². The van der Waals surface area contributed by atoms with Crippen LogP contribution in [-0.4, -0.2) is 56.8 Å². The van der Waals surface area contributed by atoms with Crippen molar-refractivity contribution in [3.05, 3.63) is 23.8 Å². The summed E-state index contributed by atoms with van der Waals surface area (Å²) < 4.78 is 5.90. The van der Waals surface area contributed by atoms with Crippen LogP contribution in [0.3, 0.4) is 0 Å². The third kappa shape index (κ3) is 7.44. The lowest BCUT2D eigenvalue weighted by Gasteiger charge is -2.43. The van der Waals surface area contributed by atoms with E-state index in [1.54, 1.807) is 0 Å². The number of carbonyl (C=O) groups excluding carboxylic acids is 1. The molecule has 4 N–H and O–H groups in total. The second-order valence-electron chi connectivity index (χ2n) is 9.26. The molecule has 7 heteroatoms. The SMILES string of the molecule is CCC[C@H](C)C(=O)OC1C[C@H](O)C=C2C=C[C@H](C)[C@H](CC[C@@H](O)CC(O)CC(=O)O)[C@H]21. The molecule has 2 unspecified atom stereocenters. The number of hydrogen-bond acceptors (Lipinski definition) is 6. The number of hydrogen-bond donors (Lipinski definition) is 4. The van der Waals surface area contributed by atoms with Gasteiger partial charge < -0.3 is 25.2 Å². The highest BCUT2D eigenvalue weighted by Gasteiger charge is 2.42. The van der Waals surface area contributed by atoms with Crippen LogP contribution < -0.4 is 0 Å². The molecule has 8 atom stereocenters. The minimum absolute atomic E-state index is 0.0161. The number of rotatable bonds is 11. The smallest absolute Gasteiger partial charge is 0.308 e. The Morgan fingerprint density at radius 1 is 1.23 bits per heavy atom. The average molecular weight is 439 g/mol. The van der Waals surface area contributed by atoms with Crippen molar-refractivity contribution >= 4 is 11.9 Å². The normalized spacial score (nSPS) is 30.6. The molecule has 0 heterocycles. The lowest BCUT2D eigenvalue weighted by Crippen LogP contribution is -2.43. The summed E-state index contributed by atoms with van der Waals surface area (Å²) in [6, 6.07) is 0. The van der Waals surface area contributed by atoms with Gasteiger partial charge in [-0.2, -0.15) is 0 Å². The molecule has 2 rings (SSSR count). The van der Waals surface area contributed by atoms with Crippen molar-refractivity contribution in [2.75, 3.05) is 0 Å². The van der Waals surface area contributed by atoms with Crippen molar-refractivity contribution in [3.8, 4) is 0 Å². The minimum Gasteiger partial charge on any atom is -0.481 e. The molecular weight excluding hydrogens is 400 g/mol. The molecular formula is C24H38O7. The number of aliphatic hydroxyl groups excluding tert-OH is 3. The summed E-state index contributed by atoms with van der Waals surface area (Å²) in [5.41, 5.74) is 0.961. The van der Waals surface area contributed by atoms with Gasteiger partial charge in [-0.05, 0) is 43.1 Å². The summed E-state index contributed by atoms with van der Waals surface area (Å²) in [4.78, 5) is 23.3. The highest BCUT2D eigenvalue weighted by molar-refractivity contribution is 5.72. The van der Waals surface area contributed by atoms with Crippen molar-refractivity contribution in [1.82, 2.24) is 0 Å². The zero-order chi connectivity index (χ0) is 23.1. The van der Waals surface area contributed by atoms with Gasteiger partial charge in [0.05, 0.1) is 30.7 Å². The maximum absolute atomic E-state index is 12.6. The predicted octanol–water partition coefficient (Wildman–Crippen LogP) is 2.83. The quantitative estimate of drug-likeness (QED) is 0.366. The van der Waals surface area contributed by atoms with Crippen LogP contribution >= 0.6 is 0 Å². The summed E-state index contributed by atoms with van der Waals surface area (Å²) in [7, 11) is 0. The van der Waals surface area contributed by atoms with E-state index in [1.807, 2.05) is 26.0 Å². The largest absolute Gasteiger partial charge is 0.481 e. The Hall–Kier alpha value is -1.70. The topological polar surface area (TPSA) is 124 Å². The number of fused-ring (bicyclic) bond motifs is 1. The molecule has 0 saturated heterocycles. The summed E-state index contributed by atoms with van der Waals surface area (Å²) in [6.07, 6.45) is 5.62. The van der Waals surface area contributed by atoms with Gasteiger partial charge in [-0.1, -0.05) is 45.4 Å². The highest BCUT2D eigenvalue weighted by Crippen LogP contribution is 2.44. The zero-order valence-corrected chi connectivity index (χ0v) is 18.8. The molecule has 31 heavy (non-hydrogen) atoms. The first kappa shape index (κ1) is 25.6. The second kappa shape index (κ2) is 11.8. The Morgan fingerprint density at radius 3 is 2.58 bits per heavy atom. The Balaban J connectivity index is 2.09. The fourth-order valence-corrected chi connectivity index (χ4v) is 4.90. The van der Waals surface area contributed by atoms with E-state index in [-0.39, 0.29) is 42.5 Å². The van der Waals surface area contributed by atoms with Gasteiger partial charge in [-0.25, -0.2) is 0 Å². The summed E-state index contributed by atoms with van der Waals surface area (Å²) in [5.74, 6) is -1.28. The van der Waals surface area contributed by atoms with E-state index < -0.39 is 30.4 Å². The molecule has 0 saturated carbocycles. The molecule has 7 nitrogen and oxygen atoms in total. The first-order chi connectivity index (χ1) is 14.6. The summed E-state index contributed by atoms with van der Waals surface area (Å²) in [5, 5.41) is 39.2. The van der Waals surface area contributed by atoms with E-state index in [1.165, 1.54) is 0 Å². The molecule has 0 amide bonds. The van der Waals surface area contributed by atoms with Crippen LogP contribution in [-0.2, 0) is 14.3 Å². The maximum Gasteiger partial charge on any atom is 0.308 e. The number of carboxylic acid groups (broad SMARTS) is 1. The summed E-state index contributed by atoms with van der Waals surface area (Å²) in [6.45, 7) is 5.98. The van der Waals surface area contributed by atoms with Crippen molar-refractivity contribution in [1.29, 1.82) is 0 Å². The number of ether oxygens (including phenoxy) is 1. The molecule has 2 aliphatic rings. The first-order valence-electron chi connectivity index (χ1n) is 11.5. The molecule has 0 aliphatic heterocycles. The Bertz CT molecular complexity index is 671. The Labute approximate surface area is 184 Å². The molecule has 0 aromatic heterocycles. The van der Waals surface area contributed by atoms with Gasteiger partial charge in [0.2, 0.25) is 0 Å². The van der Waals surface area contributed by atoms with Crippen molar-refractivity contribution in [3.63, 3.8) is 0 Å². The Kier molecular flexibility index (Phi) is 9.72. The van der Waals surface area contributed by atoms with Gasteiger partial charge in [-0.3, -0.25) is 9.59 Å². The molecule has 2 aliphatic carbocycles. The van der Waals surface area contributed by atoms with Crippen LogP contribution in [0.4, 0.5) is 0 Å². The van der Waals surface area contributed by atoms with E-state index in [4.69, 9.17) is 9.84 Å². The summed E-state index contributed by atoms with van der Waals surface area (Å²) >= 11 is 0. The number of allylic oxidation sites excluding steroid dienone is 2. The molecule has 0 fully saturated rings. The predicted molar refractivity (Wildman–Crippen MR) is 116 cm³/mol. The van der Waals surface area contributed by atoms with Gasteiger partial charge >= 0.3 is 11.9 Å². The van der Waals surface area contributed by atoms with E-state index in [2.05, 4.69) is 13.0 Å². The minimum atomic E-state index is -1.09. The van der Waals surface area contributed by atoms with Crippen LogP contribution in [0.2, 0.25) is 0 Å². The first-order valence-corrected chi connectivity index (χ1v) is 11.5. The van der Waals surface area contributed by atoms with Gasteiger partial charge in [0.25, 0.3) is 0 Å². The standard InChI is InChI=1S/C24H38O7/c1-4-5-15(3)24(30)31-21-12-18(26)10-16-7-6-14(2)20(23(16)21)9-8-17(25)11-19(27)13-22(28)29/h6-7,10,14-15,17-21,23,25-27H,4-5,8-9,11-13H2,1-3H3,(H,28,29)/t14-,15-,17+,18+,19?,20-,21?,23-/m0/s1. The number of carboxylic acids is 1. The third-order valence-corrected chi connectivity index (χ3v) is 6.55.